The second-order valence-corrected chi connectivity index (χ2v) is 5.72. The normalized spacial score (nSPS) is 18.5. The Morgan fingerprint density at radius 2 is 1.74 bits per heavy atom. The van der Waals surface area contributed by atoms with Crippen LogP contribution >= 0.6 is 0 Å². The Morgan fingerprint density at radius 1 is 1.26 bits per heavy atom. The van der Waals surface area contributed by atoms with Gasteiger partial charge in [-0.3, -0.25) is 4.79 Å². The van der Waals surface area contributed by atoms with Crippen LogP contribution in [0.5, 0.6) is 0 Å². The lowest BCUT2D eigenvalue weighted by Gasteiger charge is -2.39. The van der Waals surface area contributed by atoms with Gasteiger partial charge in [-0.05, 0) is 32.6 Å². The molecule has 0 atom stereocenters. The number of urea groups is 1. The molecule has 0 aromatic carbocycles. The minimum Gasteiger partial charge on any atom is -0.481 e. The van der Waals surface area contributed by atoms with Crippen molar-refractivity contribution < 1.29 is 14.7 Å². The van der Waals surface area contributed by atoms with Crippen molar-refractivity contribution >= 4 is 12.0 Å². The molecule has 1 N–H and O–H groups in total. The van der Waals surface area contributed by atoms with E-state index in [0.29, 0.717) is 25.9 Å². The van der Waals surface area contributed by atoms with E-state index in [1.54, 1.807) is 16.7 Å². The maximum absolute atomic E-state index is 12.3. The molecular formula is C14H26N2O3. The van der Waals surface area contributed by atoms with E-state index in [1.165, 1.54) is 0 Å². The summed E-state index contributed by atoms with van der Waals surface area (Å²) in [7, 11) is 1.84. The van der Waals surface area contributed by atoms with Crippen LogP contribution in [0, 0.1) is 5.41 Å². The number of aliphatic carboxylic acids is 1. The zero-order valence-electron chi connectivity index (χ0n) is 12.5. The molecule has 0 aromatic rings. The third kappa shape index (κ3) is 3.39. The molecule has 1 saturated heterocycles. The van der Waals surface area contributed by atoms with Gasteiger partial charge in [-0.1, -0.05) is 13.8 Å². The average Bonchev–Trinajstić information content (AvgIpc) is 2.40. The summed E-state index contributed by atoms with van der Waals surface area (Å²) < 4.78 is 0. The van der Waals surface area contributed by atoms with Crippen molar-refractivity contribution in [1.82, 2.24) is 9.80 Å². The second kappa shape index (κ2) is 6.26. The fourth-order valence-electron chi connectivity index (χ4n) is 2.62. The summed E-state index contributed by atoms with van der Waals surface area (Å²) in [6.07, 6.45) is 2.95. The maximum atomic E-state index is 12.3. The van der Waals surface area contributed by atoms with E-state index < -0.39 is 11.4 Å². The van der Waals surface area contributed by atoms with Crippen LogP contribution in [0.4, 0.5) is 4.79 Å². The van der Waals surface area contributed by atoms with Crippen molar-refractivity contribution in [2.24, 2.45) is 5.41 Å². The highest BCUT2D eigenvalue weighted by Gasteiger charge is 2.38. The molecule has 0 unspecified atom stereocenters. The molecular weight excluding hydrogens is 244 g/mol. The van der Waals surface area contributed by atoms with E-state index in [-0.39, 0.29) is 12.1 Å². The van der Waals surface area contributed by atoms with Gasteiger partial charge in [0, 0.05) is 26.2 Å². The summed E-state index contributed by atoms with van der Waals surface area (Å²) in [4.78, 5) is 27.1. The minimum absolute atomic E-state index is 0.0288. The van der Waals surface area contributed by atoms with Crippen molar-refractivity contribution in [2.75, 3.05) is 20.1 Å². The van der Waals surface area contributed by atoms with Gasteiger partial charge >= 0.3 is 12.0 Å². The molecule has 1 rings (SSSR count). The largest absolute Gasteiger partial charge is 0.481 e. The van der Waals surface area contributed by atoms with Crippen LogP contribution in [-0.2, 0) is 4.79 Å². The third-order valence-corrected chi connectivity index (χ3v) is 4.45. The Bertz CT molecular complexity index is 332. The van der Waals surface area contributed by atoms with Crippen LogP contribution in [0.15, 0.2) is 0 Å². The summed E-state index contributed by atoms with van der Waals surface area (Å²) in [5.41, 5.74) is -0.676. The number of likely N-dealkylation sites (tertiary alicyclic amines) is 1. The lowest BCUT2D eigenvalue weighted by molar-refractivity contribution is -0.150. The molecule has 0 aromatic heterocycles. The van der Waals surface area contributed by atoms with Crippen LogP contribution in [0.1, 0.15) is 46.5 Å². The van der Waals surface area contributed by atoms with Crippen LogP contribution in [-0.4, -0.2) is 53.1 Å². The Hall–Kier alpha value is -1.26. The predicted molar refractivity (Wildman–Crippen MR) is 74.1 cm³/mol. The molecule has 0 spiro atoms. The summed E-state index contributed by atoms with van der Waals surface area (Å²) in [6.45, 7) is 6.99. The number of nitrogens with zero attached hydrogens (tertiary/aromatic N) is 2. The van der Waals surface area contributed by atoms with Gasteiger partial charge in [0.1, 0.15) is 0 Å². The van der Waals surface area contributed by atoms with Crippen molar-refractivity contribution in [3.63, 3.8) is 0 Å². The van der Waals surface area contributed by atoms with Crippen LogP contribution < -0.4 is 0 Å². The van der Waals surface area contributed by atoms with Crippen molar-refractivity contribution in [3.05, 3.63) is 0 Å². The lowest BCUT2D eigenvalue weighted by atomic mass is 9.80. The van der Waals surface area contributed by atoms with Gasteiger partial charge < -0.3 is 14.9 Å². The van der Waals surface area contributed by atoms with Crippen LogP contribution in [0.25, 0.3) is 0 Å². The summed E-state index contributed by atoms with van der Waals surface area (Å²) in [6, 6.07) is 0.293. The molecule has 2 amide bonds. The second-order valence-electron chi connectivity index (χ2n) is 5.72. The van der Waals surface area contributed by atoms with Crippen LogP contribution in [0.2, 0.25) is 0 Å². The molecule has 0 bridgehead atoms. The SMILES string of the molecule is CCC(CC)N(C)C(=O)N1CCC(C)(C(=O)O)CC1. The van der Waals surface area contributed by atoms with E-state index in [4.69, 9.17) is 0 Å². The first kappa shape index (κ1) is 15.8. The standard InChI is InChI=1S/C14H26N2O3/c1-5-11(6-2)15(4)13(19)16-9-7-14(3,8-10-16)12(17)18/h11H,5-10H2,1-4H3,(H,17,18). The number of rotatable bonds is 4. The molecule has 0 radical (unpaired) electrons. The first-order valence-corrected chi connectivity index (χ1v) is 7.10. The molecule has 5 nitrogen and oxygen atoms in total. The number of carboxylic acids is 1. The number of carbonyl (C=O) groups excluding carboxylic acids is 1. The Labute approximate surface area is 115 Å². The molecule has 1 aliphatic heterocycles. The van der Waals surface area contributed by atoms with E-state index in [2.05, 4.69) is 13.8 Å². The molecule has 1 heterocycles. The first-order chi connectivity index (χ1) is 8.85. The first-order valence-electron chi connectivity index (χ1n) is 7.10. The van der Waals surface area contributed by atoms with Gasteiger partial charge in [0.05, 0.1) is 5.41 Å². The summed E-state index contributed by atoms with van der Waals surface area (Å²) >= 11 is 0. The highest BCUT2D eigenvalue weighted by Crippen LogP contribution is 2.31. The quantitative estimate of drug-likeness (QED) is 0.853. The van der Waals surface area contributed by atoms with E-state index >= 15 is 0 Å². The van der Waals surface area contributed by atoms with Gasteiger partial charge in [0.2, 0.25) is 0 Å². The van der Waals surface area contributed by atoms with Crippen molar-refractivity contribution in [2.45, 2.75) is 52.5 Å². The lowest BCUT2D eigenvalue weighted by Crippen LogP contribution is -2.51. The Balaban J connectivity index is 2.60. The van der Waals surface area contributed by atoms with Gasteiger partial charge in [0.15, 0.2) is 0 Å². The third-order valence-electron chi connectivity index (χ3n) is 4.45. The van der Waals surface area contributed by atoms with E-state index in [1.807, 2.05) is 7.05 Å². The summed E-state index contributed by atoms with van der Waals surface area (Å²) in [5, 5.41) is 9.18. The number of carbonyl (C=O) groups is 2. The highest BCUT2D eigenvalue weighted by molar-refractivity contribution is 5.77. The van der Waals surface area contributed by atoms with Gasteiger partial charge in [-0.2, -0.15) is 0 Å². The van der Waals surface area contributed by atoms with Crippen LogP contribution in [0.3, 0.4) is 0 Å². The van der Waals surface area contributed by atoms with Crippen molar-refractivity contribution in [3.8, 4) is 0 Å². The Kier molecular flexibility index (Phi) is 5.20. The zero-order chi connectivity index (χ0) is 14.6. The number of carboxylic acid groups (broad SMARTS) is 1. The summed E-state index contributed by atoms with van der Waals surface area (Å²) in [5.74, 6) is -0.757. The molecule has 0 aliphatic carbocycles. The molecule has 1 aliphatic rings. The fraction of sp³-hybridized carbons (Fsp3) is 0.857. The number of hydrogen-bond acceptors (Lipinski definition) is 2. The van der Waals surface area contributed by atoms with Gasteiger partial charge in [0.25, 0.3) is 0 Å². The molecule has 110 valence electrons. The number of piperidine rings is 1. The monoisotopic (exact) mass is 270 g/mol. The predicted octanol–water partition coefficient (Wildman–Crippen LogP) is 2.41. The smallest absolute Gasteiger partial charge is 0.319 e. The number of hydrogen-bond donors (Lipinski definition) is 1. The average molecular weight is 270 g/mol. The molecule has 5 heteroatoms. The number of amides is 2. The minimum atomic E-state index is -0.757. The van der Waals surface area contributed by atoms with Gasteiger partial charge in [-0.25, -0.2) is 4.79 Å². The van der Waals surface area contributed by atoms with Gasteiger partial charge in [-0.15, -0.1) is 0 Å². The highest BCUT2D eigenvalue weighted by atomic mass is 16.4. The fourth-order valence-corrected chi connectivity index (χ4v) is 2.62. The van der Waals surface area contributed by atoms with E-state index in [0.717, 1.165) is 12.8 Å². The maximum Gasteiger partial charge on any atom is 0.319 e. The molecule has 1 fully saturated rings. The molecule has 0 saturated carbocycles. The van der Waals surface area contributed by atoms with E-state index in [9.17, 15) is 14.7 Å². The molecule has 19 heavy (non-hydrogen) atoms. The topological polar surface area (TPSA) is 60.9 Å². The Morgan fingerprint density at radius 3 is 2.11 bits per heavy atom. The van der Waals surface area contributed by atoms with Crippen molar-refractivity contribution in [1.29, 1.82) is 0 Å². The zero-order valence-corrected chi connectivity index (χ0v) is 12.5.